The van der Waals surface area contributed by atoms with Crippen LogP contribution in [0.2, 0.25) is 0 Å². The number of halogens is 1. The van der Waals surface area contributed by atoms with Crippen molar-refractivity contribution in [2.24, 2.45) is 5.73 Å². The molecule has 0 spiro atoms. The van der Waals surface area contributed by atoms with Gasteiger partial charge in [-0.1, -0.05) is 22.0 Å². The average Bonchev–Trinajstić information content (AvgIpc) is 2.57. The maximum Gasteiger partial charge on any atom is 0.0506 e. The molecule has 0 aliphatic carbocycles. The van der Waals surface area contributed by atoms with E-state index in [4.69, 9.17) is 5.73 Å². The van der Waals surface area contributed by atoms with E-state index >= 15 is 0 Å². The lowest BCUT2D eigenvalue weighted by atomic mass is 10.0. The Hall–Kier alpha value is -0.800. The summed E-state index contributed by atoms with van der Waals surface area (Å²) in [6.07, 6.45) is 0. The Balaban J connectivity index is 2.81. The maximum atomic E-state index is 6.21. The first-order chi connectivity index (χ1) is 7.45. The summed E-state index contributed by atoms with van der Waals surface area (Å²) in [5.41, 5.74) is 8.32. The molecule has 1 aromatic carbocycles. The van der Waals surface area contributed by atoms with Crippen LogP contribution in [0.4, 0.5) is 0 Å². The minimum atomic E-state index is -0.311. The van der Waals surface area contributed by atoms with Gasteiger partial charge in [-0.3, -0.25) is 0 Å². The molecule has 0 bridgehead atoms. The number of fused-ring (bicyclic) bond motifs is 1. The quantitative estimate of drug-likeness (QED) is 0.895. The Morgan fingerprint density at radius 2 is 2.06 bits per heavy atom. The molecule has 0 radical (unpaired) electrons. The fourth-order valence-electron chi connectivity index (χ4n) is 2.12. The molecule has 0 saturated heterocycles. The van der Waals surface area contributed by atoms with E-state index in [1.54, 1.807) is 0 Å². The molecule has 0 aliphatic rings. The number of nitrogens with two attached hydrogens (primary N) is 1. The van der Waals surface area contributed by atoms with Crippen LogP contribution < -0.4 is 5.73 Å². The van der Waals surface area contributed by atoms with Crippen molar-refractivity contribution in [3.63, 3.8) is 0 Å². The third-order valence-electron chi connectivity index (χ3n) is 2.87. The van der Waals surface area contributed by atoms with Gasteiger partial charge in [-0.15, -0.1) is 0 Å². The zero-order valence-electron chi connectivity index (χ0n) is 9.92. The predicted molar refractivity (Wildman–Crippen MR) is 72.5 cm³/mol. The van der Waals surface area contributed by atoms with Crippen molar-refractivity contribution < 1.29 is 0 Å². The van der Waals surface area contributed by atoms with Gasteiger partial charge in [0.05, 0.1) is 5.54 Å². The second kappa shape index (κ2) is 3.90. The highest BCUT2D eigenvalue weighted by molar-refractivity contribution is 9.10. The van der Waals surface area contributed by atoms with Gasteiger partial charge in [0.15, 0.2) is 0 Å². The van der Waals surface area contributed by atoms with Crippen LogP contribution in [0.1, 0.15) is 26.5 Å². The number of hydrogen-bond donors (Lipinski definition) is 1. The molecule has 86 valence electrons. The molecule has 2 rings (SSSR count). The lowest BCUT2D eigenvalue weighted by Crippen LogP contribution is -2.31. The first-order valence-corrected chi connectivity index (χ1v) is 6.31. The van der Waals surface area contributed by atoms with Crippen LogP contribution in [-0.4, -0.2) is 4.57 Å². The predicted octanol–water partition coefficient (Wildman–Crippen LogP) is 3.62. The molecule has 0 aliphatic heterocycles. The molecule has 0 amide bonds. The third kappa shape index (κ3) is 1.78. The SMILES string of the molecule is CCn1c(C(C)(C)N)cc2c(Br)cccc21. The molecule has 2 N–H and O–H groups in total. The molecule has 3 heteroatoms. The van der Waals surface area contributed by atoms with Crippen molar-refractivity contribution in [2.45, 2.75) is 32.9 Å². The van der Waals surface area contributed by atoms with E-state index in [1.807, 2.05) is 13.8 Å². The number of nitrogens with zero attached hydrogens (tertiary/aromatic N) is 1. The summed E-state index contributed by atoms with van der Waals surface area (Å²) in [5.74, 6) is 0. The molecule has 0 unspecified atom stereocenters. The normalized spacial score (nSPS) is 12.3. The van der Waals surface area contributed by atoms with Crippen molar-refractivity contribution in [3.8, 4) is 0 Å². The van der Waals surface area contributed by atoms with E-state index in [2.05, 4.69) is 51.7 Å². The molecule has 16 heavy (non-hydrogen) atoms. The van der Waals surface area contributed by atoms with Gasteiger partial charge in [-0.25, -0.2) is 0 Å². The molecular formula is C13H17BrN2. The second-order valence-electron chi connectivity index (χ2n) is 4.67. The van der Waals surface area contributed by atoms with Gasteiger partial charge in [-0.2, -0.15) is 0 Å². The second-order valence-corrected chi connectivity index (χ2v) is 5.52. The van der Waals surface area contributed by atoms with Crippen molar-refractivity contribution in [1.29, 1.82) is 0 Å². The molecule has 2 nitrogen and oxygen atoms in total. The number of rotatable bonds is 2. The average molecular weight is 281 g/mol. The topological polar surface area (TPSA) is 30.9 Å². The molecule has 1 aromatic heterocycles. The van der Waals surface area contributed by atoms with Gasteiger partial charge in [0.1, 0.15) is 0 Å². The molecule has 1 heterocycles. The smallest absolute Gasteiger partial charge is 0.0506 e. The monoisotopic (exact) mass is 280 g/mol. The van der Waals surface area contributed by atoms with Crippen LogP contribution in [0.25, 0.3) is 10.9 Å². The highest BCUT2D eigenvalue weighted by Gasteiger charge is 2.21. The van der Waals surface area contributed by atoms with Crippen molar-refractivity contribution >= 4 is 26.8 Å². The Morgan fingerprint density at radius 1 is 1.38 bits per heavy atom. The lowest BCUT2D eigenvalue weighted by molar-refractivity contribution is 0.504. The van der Waals surface area contributed by atoms with Gasteiger partial charge in [-0.05, 0) is 39.0 Å². The number of aryl methyl sites for hydroxylation is 1. The van der Waals surface area contributed by atoms with Crippen LogP contribution in [-0.2, 0) is 12.1 Å². The summed E-state index contributed by atoms with van der Waals surface area (Å²) < 4.78 is 3.41. The van der Waals surface area contributed by atoms with E-state index in [1.165, 1.54) is 16.6 Å². The van der Waals surface area contributed by atoms with E-state index in [0.29, 0.717) is 0 Å². The molecule has 0 saturated carbocycles. The fourth-order valence-corrected chi connectivity index (χ4v) is 2.59. The zero-order chi connectivity index (χ0) is 11.9. The minimum Gasteiger partial charge on any atom is -0.343 e. The summed E-state index contributed by atoms with van der Waals surface area (Å²) >= 11 is 3.59. The fraction of sp³-hybridized carbons (Fsp3) is 0.385. The Bertz CT molecular complexity index is 520. The molecular weight excluding hydrogens is 264 g/mol. The summed E-state index contributed by atoms with van der Waals surface area (Å²) in [5, 5.41) is 1.23. The summed E-state index contributed by atoms with van der Waals surface area (Å²) in [6, 6.07) is 8.45. The van der Waals surface area contributed by atoms with Crippen molar-refractivity contribution in [1.82, 2.24) is 4.57 Å². The first-order valence-electron chi connectivity index (χ1n) is 5.52. The van der Waals surface area contributed by atoms with Gasteiger partial charge >= 0.3 is 0 Å². The van der Waals surface area contributed by atoms with Crippen molar-refractivity contribution in [3.05, 3.63) is 34.4 Å². The molecule has 0 fully saturated rings. The zero-order valence-corrected chi connectivity index (χ0v) is 11.5. The number of benzene rings is 1. The minimum absolute atomic E-state index is 0.311. The van der Waals surface area contributed by atoms with Crippen LogP contribution >= 0.6 is 15.9 Å². The Labute approximate surface area is 105 Å². The van der Waals surface area contributed by atoms with E-state index in [9.17, 15) is 0 Å². The standard InChI is InChI=1S/C13H17BrN2/c1-4-16-11-7-5-6-10(14)9(11)8-12(16)13(2,3)15/h5-8H,4,15H2,1-3H3. The Kier molecular flexibility index (Phi) is 2.84. The van der Waals surface area contributed by atoms with Gasteiger partial charge < -0.3 is 10.3 Å². The van der Waals surface area contributed by atoms with Gasteiger partial charge in [0, 0.05) is 27.6 Å². The van der Waals surface area contributed by atoms with E-state index < -0.39 is 0 Å². The van der Waals surface area contributed by atoms with Crippen LogP contribution in [0.5, 0.6) is 0 Å². The van der Waals surface area contributed by atoms with Gasteiger partial charge in [0.25, 0.3) is 0 Å². The summed E-state index contributed by atoms with van der Waals surface area (Å²) in [7, 11) is 0. The van der Waals surface area contributed by atoms with Crippen molar-refractivity contribution in [2.75, 3.05) is 0 Å². The largest absolute Gasteiger partial charge is 0.343 e. The number of aromatic nitrogens is 1. The van der Waals surface area contributed by atoms with Crippen LogP contribution in [0.3, 0.4) is 0 Å². The van der Waals surface area contributed by atoms with E-state index in [-0.39, 0.29) is 5.54 Å². The summed E-state index contributed by atoms with van der Waals surface area (Å²) in [6.45, 7) is 7.17. The summed E-state index contributed by atoms with van der Waals surface area (Å²) in [4.78, 5) is 0. The van der Waals surface area contributed by atoms with E-state index in [0.717, 1.165) is 11.0 Å². The molecule has 0 atom stereocenters. The van der Waals surface area contributed by atoms with Gasteiger partial charge in [0.2, 0.25) is 0 Å². The number of hydrogen-bond acceptors (Lipinski definition) is 1. The third-order valence-corrected chi connectivity index (χ3v) is 3.56. The van der Waals surface area contributed by atoms with Crippen LogP contribution in [0, 0.1) is 0 Å². The lowest BCUT2D eigenvalue weighted by Gasteiger charge is -2.21. The maximum absolute atomic E-state index is 6.21. The first kappa shape index (κ1) is 11.7. The highest BCUT2D eigenvalue weighted by Crippen LogP contribution is 2.31. The van der Waals surface area contributed by atoms with Crippen LogP contribution in [0.15, 0.2) is 28.7 Å². The highest BCUT2D eigenvalue weighted by atomic mass is 79.9. The Morgan fingerprint density at radius 3 is 2.62 bits per heavy atom. The molecule has 2 aromatic rings.